The number of rotatable bonds is 7. The van der Waals surface area contributed by atoms with Gasteiger partial charge in [-0.05, 0) is 36.6 Å². The van der Waals surface area contributed by atoms with E-state index in [0.29, 0.717) is 45.8 Å². The van der Waals surface area contributed by atoms with Crippen molar-refractivity contribution in [2.24, 2.45) is 0 Å². The molecule has 162 valence electrons. The second-order valence-electron chi connectivity index (χ2n) is 7.30. The highest BCUT2D eigenvalue weighted by Crippen LogP contribution is 2.33. The van der Waals surface area contributed by atoms with Crippen molar-refractivity contribution in [3.8, 4) is 0 Å². The Morgan fingerprint density at radius 1 is 1.19 bits per heavy atom. The lowest BCUT2D eigenvalue weighted by Crippen LogP contribution is -2.30. The number of nitrogens with one attached hydrogen (secondary N) is 1. The number of anilines is 1. The molecule has 1 aromatic carbocycles. The molecule has 3 aromatic rings. The lowest BCUT2D eigenvalue weighted by Gasteiger charge is -2.14. The topological polar surface area (TPSA) is 66.7 Å². The summed E-state index contributed by atoms with van der Waals surface area (Å²) in [5, 5.41) is 3.13. The number of nitrogens with zero attached hydrogens (tertiary/aromatic N) is 3. The quantitative estimate of drug-likeness (QED) is 0.325. The van der Waals surface area contributed by atoms with Crippen molar-refractivity contribution in [2.45, 2.75) is 13.3 Å². The highest BCUT2D eigenvalue weighted by atomic mass is 32.2. The summed E-state index contributed by atoms with van der Waals surface area (Å²) in [6.07, 6.45) is 5.66. The van der Waals surface area contributed by atoms with Gasteiger partial charge in [0.05, 0.1) is 10.5 Å². The third kappa shape index (κ3) is 4.37. The second kappa shape index (κ2) is 9.50. The number of thiocarbonyl (C=S) groups is 1. The molecule has 2 aromatic heterocycles. The molecular weight excluding hydrogens is 440 g/mol. The molecule has 0 saturated carbocycles. The predicted molar refractivity (Wildman–Crippen MR) is 135 cm³/mol. The van der Waals surface area contributed by atoms with Crippen LogP contribution in [0.15, 0.2) is 71.0 Å². The van der Waals surface area contributed by atoms with Crippen LogP contribution in [0.25, 0.3) is 11.7 Å². The van der Waals surface area contributed by atoms with Crippen LogP contribution in [0.2, 0.25) is 0 Å². The smallest absolute Gasteiger partial charge is 0.267 e. The zero-order chi connectivity index (χ0) is 22.7. The van der Waals surface area contributed by atoms with Gasteiger partial charge >= 0.3 is 0 Å². The molecule has 32 heavy (non-hydrogen) atoms. The average molecular weight is 463 g/mol. The number of carbonyl (C=O) groups is 1. The van der Waals surface area contributed by atoms with Crippen molar-refractivity contribution >= 4 is 51.7 Å². The van der Waals surface area contributed by atoms with E-state index in [4.69, 9.17) is 12.2 Å². The molecule has 0 spiro atoms. The molecule has 3 heterocycles. The van der Waals surface area contributed by atoms with E-state index in [1.807, 2.05) is 43.3 Å². The lowest BCUT2D eigenvalue weighted by molar-refractivity contribution is -0.122. The van der Waals surface area contributed by atoms with Crippen LogP contribution in [-0.2, 0) is 11.2 Å². The molecule has 0 aliphatic carbocycles. The van der Waals surface area contributed by atoms with E-state index >= 15 is 0 Å². The minimum atomic E-state index is -0.250. The van der Waals surface area contributed by atoms with E-state index < -0.39 is 0 Å². The van der Waals surface area contributed by atoms with E-state index in [2.05, 4.69) is 16.9 Å². The SMILES string of the molecule is C=CCNc1nc2c(C)cccn2c(=O)c1C=C1SC(=S)N(CCc2ccccc2)C1=O. The number of amides is 1. The Hall–Kier alpha value is -3.23. The van der Waals surface area contributed by atoms with Crippen molar-refractivity contribution in [3.63, 3.8) is 0 Å². The molecule has 1 fully saturated rings. The first-order valence-electron chi connectivity index (χ1n) is 10.2. The number of aryl methyl sites for hydroxylation is 1. The number of carbonyl (C=O) groups excluding carboxylic acids is 1. The van der Waals surface area contributed by atoms with Crippen LogP contribution in [0.5, 0.6) is 0 Å². The monoisotopic (exact) mass is 462 g/mol. The molecule has 8 heteroatoms. The zero-order valence-corrected chi connectivity index (χ0v) is 19.2. The fourth-order valence-electron chi connectivity index (χ4n) is 3.45. The van der Waals surface area contributed by atoms with Crippen molar-refractivity contribution in [3.05, 3.63) is 93.3 Å². The Kier molecular flexibility index (Phi) is 6.53. The highest BCUT2D eigenvalue weighted by Gasteiger charge is 2.32. The Labute approximate surface area is 195 Å². The third-order valence-electron chi connectivity index (χ3n) is 5.11. The van der Waals surface area contributed by atoms with Crippen LogP contribution in [0.4, 0.5) is 5.82 Å². The maximum Gasteiger partial charge on any atom is 0.267 e. The maximum atomic E-state index is 13.3. The van der Waals surface area contributed by atoms with E-state index in [1.165, 1.54) is 16.2 Å². The van der Waals surface area contributed by atoms with Crippen LogP contribution in [0.1, 0.15) is 16.7 Å². The third-order valence-corrected chi connectivity index (χ3v) is 6.49. The number of fused-ring (bicyclic) bond motifs is 1. The Morgan fingerprint density at radius 3 is 2.72 bits per heavy atom. The lowest BCUT2D eigenvalue weighted by atomic mass is 10.1. The van der Waals surface area contributed by atoms with E-state index in [1.54, 1.807) is 29.3 Å². The van der Waals surface area contributed by atoms with Gasteiger partial charge in [-0.25, -0.2) is 4.98 Å². The molecule has 0 unspecified atom stereocenters. The Bertz CT molecular complexity index is 1300. The number of aromatic nitrogens is 2. The molecule has 1 amide bonds. The molecule has 1 N–H and O–H groups in total. The van der Waals surface area contributed by atoms with Crippen molar-refractivity contribution in [1.82, 2.24) is 14.3 Å². The van der Waals surface area contributed by atoms with E-state index in [9.17, 15) is 9.59 Å². The summed E-state index contributed by atoms with van der Waals surface area (Å²) in [4.78, 5) is 33.0. The van der Waals surface area contributed by atoms with Crippen LogP contribution in [0, 0.1) is 6.92 Å². The number of thioether (sulfide) groups is 1. The van der Waals surface area contributed by atoms with E-state index in [0.717, 1.165) is 11.1 Å². The first-order chi connectivity index (χ1) is 15.5. The average Bonchev–Trinajstić information content (AvgIpc) is 3.06. The first-order valence-corrected chi connectivity index (χ1v) is 11.4. The minimum absolute atomic E-state index is 0.195. The Balaban J connectivity index is 1.69. The summed E-state index contributed by atoms with van der Waals surface area (Å²) in [7, 11) is 0. The minimum Gasteiger partial charge on any atom is -0.366 e. The number of pyridine rings is 1. The van der Waals surface area contributed by atoms with Crippen molar-refractivity contribution in [2.75, 3.05) is 18.4 Å². The molecular formula is C24H22N4O2S2. The maximum absolute atomic E-state index is 13.3. The second-order valence-corrected chi connectivity index (χ2v) is 8.98. The molecule has 1 aliphatic rings. The summed E-state index contributed by atoms with van der Waals surface area (Å²) in [5.41, 5.74) is 2.65. The van der Waals surface area contributed by atoms with Crippen LogP contribution in [-0.4, -0.2) is 37.6 Å². The van der Waals surface area contributed by atoms with E-state index in [-0.39, 0.29) is 11.5 Å². The first kappa shape index (κ1) is 22.0. The normalized spacial score (nSPS) is 15.0. The number of benzene rings is 1. The highest BCUT2D eigenvalue weighted by molar-refractivity contribution is 8.26. The van der Waals surface area contributed by atoms with Gasteiger partial charge in [0.15, 0.2) is 0 Å². The number of hydrogen-bond acceptors (Lipinski definition) is 6. The largest absolute Gasteiger partial charge is 0.366 e. The van der Waals surface area contributed by atoms with Gasteiger partial charge in [0, 0.05) is 19.3 Å². The fraction of sp³-hybridized carbons (Fsp3) is 0.167. The van der Waals surface area contributed by atoms with Gasteiger partial charge in [-0.2, -0.15) is 0 Å². The molecule has 1 aliphatic heterocycles. The summed E-state index contributed by atoms with van der Waals surface area (Å²) >= 11 is 6.66. The van der Waals surface area contributed by atoms with Gasteiger partial charge < -0.3 is 5.32 Å². The van der Waals surface area contributed by atoms with Gasteiger partial charge in [-0.3, -0.25) is 18.9 Å². The molecule has 0 atom stereocenters. The number of hydrogen-bond donors (Lipinski definition) is 1. The summed E-state index contributed by atoms with van der Waals surface area (Å²) in [6.45, 7) is 6.54. The standard InChI is InChI=1S/C24H22N4O2S2/c1-3-12-25-20-18(22(29)27-13-7-8-16(2)21(27)26-20)15-19-23(30)28(24(31)32-19)14-11-17-9-5-4-6-10-17/h3-10,13,15,25H,1,11-12,14H2,2H3. The van der Waals surface area contributed by atoms with Gasteiger partial charge in [0.2, 0.25) is 0 Å². The van der Waals surface area contributed by atoms with Gasteiger partial charge in [-0.15, -0.1) is 6.58 Å². The molecule has 6 nitrogen and oxygen atoms in total. The van der Waals surface area contributed by atoms with Crippen molar-refractivity contribution < 1.29 is 4.79 Å². The van der Waals surface area contributed by atoms with Crippen LogP contribution < -0.4 is 10.9 Å². The van der Waals surface area contributed by atoms with Gasteiger partial charge in [0.1, 0.15) is 15.8 Å². The van der Waals surface area contributed by atoms with Gasteiger partial charge in [0.25, 0.3) is 11.5 Å². The summed E-state index contributed by atoms with van der Waals surface area (Å²) in [5.74, 6) is 0.220. The van der Waals surface area contributed by atoms with Gasteiger partial charge in [-0.1, -0.05) is 66.5 Å². The van der Waals surface area contributed by atoms with Crippen LogP contribution in [0.3, 0.4) is 0 Å². The molecule has 1 saturated heterocycles. The van der Waals surface area contributed by atoms with Crippen LogP contribution >= 0.6 is 24.0 Å². The predicted octanol–water partition coefficient (Wildman–Crippen LogP) is 4.04. The molecule has 0 bridgehead atoms. The summed E-state index contributed by atoms with van der Waals surface area (Å²) < 4.78 is 1.98. The van der Waals surface area contributed by atoms with Crippen molar-refractivity contribution in [1.29, 1.82) is 0 Å². The molecule has 4 rings (SSSR count). The summed E-state index contributed by atoms with van der Waals surface area (Å²) in [6, 6.07) is 13.6. The molecule has 0 radical (unpaired) electrons. The zero-order valence-electron chi connectivity index (χ0n) is 17.6. The Morgan fingerprint density at radius 2 is 1.97 bits per heavy atom. The fourth-order valence-corrected chi connectivity index (χ4v) is 4.75.